The summed E-state index contributed by atoms with van der Waals surface area (Å²) in [7, 11) is 1.97. The van der Waals surface area contributed by atoms with Crippen molar-refractivity contribution in [1.29, 1.82) is 0 Å². The molecular formula is C11H17N. The summed E-state index contributed by atoms with van der Waals surface area (Å²) in [6.45, 7) is 4.38. The normalized spacial score (nSPS) is 9.92. The zero-order valence-electron chi connectivity index (χ0n) is 8.15. The standard InChI is InChI=1S/C11H17N/c1-4-9-6-7-11(12-3)10(5-2)8-9/h6-8,12H,4-5H2,1-3H3. The van der Waals surface area contributed by atoms with Crippen molar-refractivity contribution in [2.45, 2.75) is 26.7 Å². The molecule has 0 aliphatic rings. The second-order valence-electron chi connectivity index (χ2n) is 2.95. The van der Waals surface area contributed by atoms with Crippen LogP contribution in [0, 0.1) is 0 Å². The van der Waals surface area contributed by atoms with Crippen LogP contribution in [-0.2, 0) is 12.8 Å². The van der Waals surface area contributed by atoms with Gasteiger partial charge < -0.3 is 5.32 Å². The van der Waals surface area contributed by atoms with E-state index in [4.69, 9.17) is 0 Å². The highest BCUT2D eigenvalue weighted by molar-refractivity contribution is 5.52. The third-order valence-electron chi connectivity index (χ3n) is 2.23. The molecular weight excluding hydrogens is 146 g/mol. The predicted octanol–water partition coefficient (Wildman–Crippen LogP) is 2.85. The molecule has 1 nitrogen and oxygen atoms in total. The molecule has 0 aliphatic carbocycles. The van der Waals surface area contributed by atoms with Gasteiger partial charge in [0.05, 0.1) is 0 Å². The zero-order valence-corrected chi connectivity index (χ0v) is 8.15. The molecule has 0 fully saturated rings. The Morgan fingerprint density at radius 1 is 1.17 bits per heavy atom. The van der Waals surface area contributed by atoms with E-state index in [2.05, 4.69) is 37.4 Å². The van der Waals surface area contributed by atoms with E-state index in [0.29, 0.717) is 0 Å². The number of anilines is 1. The Labute approximate surface area is 74.8 Å². The summed E-state index contributed by atoms with van der Waals surface area (Å²) < 4.78 is 0. The van der Waals surface area contributed by atoms with Crippen LogP contribution < -0.4 is 5.32 Å². The Bertz CT molecular complexity index is 253. The van der Waals surface area contributed by atoms with Crippen molar-refractivity contribution in [3.8, 4) is 0 Å². The number of rotatable bonds is 3. The SMILES string of the molecule is CCc1ccc(NC)c(CC)c1. The van der Waals surface area contributed by atoms with Gasteiger partial charge in [-0.2, -0.15) is 0 Å². The number of nitrogens with one attached hydrogen (secondary N) is 1. The third kappa shape index (κ3) is 1.79. The maximum Gasteiger partial charge on any atom is 0.0370 e. The topological polar surface area (TPSA) is 12.0 Å². The second-order valence-corrected chi connectivity index (χ2v) is 2.95. The maximum absolute atomic E-state index is 3.20. The van der Waals surface area contributed by atoms with Crippen LogP contribution in [0.1, 0.15) is 25.0 Å². The van der Waals surface area contributed by atoms with Gasteiger partial charge in [0.25, 0.3) is 0 Å². The van der Waals surface area contributed by atoms with Crippen molar-refractivity contribution in [3.05, 3.63) is 29.3 Å². The molecule has 0 unspecified atom stereocenters. The molecule has 0 atom stereocenters. The van der Waals surface area contributed by atoms with Crippen LogP contribution in [0.5, 0.6) is 0 Å². The van der Waals surface area contributed by atoms with Gasteiger partial charge in [0.15, 0.2) is 0 Å². The van der Waals surface area contributed by atoms with Gasteiger partial charge in [-0.05, 0) is 30.0 Å². The first-order valence-electron chi connectivity index (χ1n) is 4.61. The lowest BCUT2D eigenvalue weighted by atomic mass is 10.0. The Morgan fingerprint density at radius 3 is 2.42 bits per heavy atom. The van der Waals surface area contributed by atoms with Crippen molar-refractivity contribution >= 4 is 5.69 Å². The average molecular weight is 163 g/mol. The molecule has 0 heterocycles. The van der Waals surface area contributed by atoms with Crippen molar-refractivity contribution < 1.29 is 0 Å². The number of hydrogen-bond acceptors (Lipinski definition) is 1. The smallest absolute Gasteiger partial charge is 0.0370 e. The van der Waals surface area contributed by atoms with Gasteiger partial charge in [-0.3, -0.25) is 0 Å². The average Bonchev–Trinajstić information content (AvgIpc) is 2.16. The van der Waals surface area contributed by atoms with Crippen LogP contribution in [0.15, 0.2) is 18.2 Å². The van der Waals surface area contributed by atoms with Crippen molar-refractivity contribution in [1.82, 2.24) is 0 Å². The lowest BCUT2D eigenvalue weighted by Gasteiger charge is -2.08. The van der Waals surface area contributed by atoms with E-state index in [9.17, 15) is 0 Å². The summed E-state index contributed by atoms with van der Waals surface area (Å²) in [5.74, 6) is 0. The van der Waals surface area contributed by atoms with Crippen LogP contribution >= 0.6 is 0 Å². The highest BCUT2D eigenvalue weighted by Crippen LogP contribution is 2.17. The Morgan fingerprint density at radius 2 is 1.92 bits per heavy atom. The van der Waals surface area contributed by atoms with Crippen LogP contribution in [0.4, 0.5) is 5.69 Å². The van der Waals surface area contributed by atoms with E-state index < -0.39 is 0 Å². The largest absolute Gasteiger partial charge is 0.388 e. The summed E-state index contributed by atoms with van der Waals surface area (Å²) in [5, 5.41) is 3.20. The van der Waals surface area contributed by atoms with Gasteiger partial charge in [0.2, 0.25) is 0 Å². The minimum atomic E-state index is 1.10. The van der Waals surface area contributed by atoms with Crippen LogP contribution in [0.2, 0.25) is 0 Å². The van der Waals surface area contributed by atoms with Crippen molar-refractivity contribution in [2.24, 2.45) is 0 Å². The van der Waals surface area contributed by atoms with Crippen LogP contribution in [0.3, 0.4) is 0 Å². The molecule has 1 aromatic rings. The molecule has 1 N–H and O–H groups in total. The van der Waals surface area contributed by atoms with E-state index in [0.717, 1.165) is 12.8 Å². The predicted molar refractivity (Wildman–Crippen MR) is 54.7 cm³/mol. The quantitative estimate of drug-likeness (QED) is 0.722. The van der Waals surface area contributed by atoms with E-state index in [1.807, 2.05) is 7.05 Å². The van der Waals surface area contributed by atoms with Crippen molar-refractivity contribution in [3.63, 3.8) is 0 Å². The van der Waals surface area contributed by atoms with E-state index >= 15 is 0 Å². The number of hydrogen-bond donors (Lipinski definition) is 1. The monoisotopic (exact) mass is 163 g/mol. The molecule has 0 amide bonds. The lowest BCUT2D eigenvalue weighted by molar-refractivity contribution is 1.09. The fourth-order valence-corrected chi connectivity index (χ4v) is 1.40. The molecule has 1 rings (SSSR count). The molecule has 0 saturated carbocycles. The van der Waals surface area contributed by atoms with Gasteiger partial charge in [-0.25, -0.2) is 0 Å². The molecule has 1 aromatic carbocycles. The third-order valence-corrected chi connectivity index (χ3v) is 2.23. The lowest BCUT2D eigenvalue weighted by Crippen LogP contribution is -1.95. The van der Waals surface area contributed by atoms with Crippen molar-refractivity contribution in [2.75, 3.05) is 12.4 Å². The first kappa shape index (κ1) is 9.11. The minimum absolute atomic E-state index is 1.10. The van der Waals surface area contributed by atoms with Gasteiger partial charge in [0.1, 0.15) is 0 Å². The Balaban J connectivity index is 3.02. The first-order valence-corrected chi connectivity index (χ1v) is 4.61. The van der Waals surface area contributed by atoms with E-state index in [1.165, 1.54) is 16.8 Å². The number of aryl methyl sites for hydroxylation is 2. The Hall–Kier alpha value is -0.980. The zero-order chi connectivity index (χ0) is 8.97. The first-order chi connectivity index (χ1) is 5.81. The molecule has 1 heteroatoms. The molecule has 66 valence electrons. The minimum Gasteiger partial charge on any atom is -0.388 e. The second kappa shape index (κ2) is 4.15. The highest BCUT2D eigenvalue weighted by atomic mass is 14.8. The summed E-state index contributed by atoms with van der Waals surface area (Å²) in [4.78, 5) is 0. The molecule has 0 saturated heterocycles. The molecule has 0 bridgehead atoms. The number of benzene rings is 1. The molecule has 0 radical (unpaired) electrons. The fourth-order valence-electron chi connectivity index (χ4n) is 1.40. The summed E-state index contributed by atoms with van der Waals surface area (Å²) in [6, 6.07) is 6.63. The molecule has 12 heavy (non-hydrogen) atoms. The van der Waals surface area contributed by atoms with Gasteiger partial charge in [-0.15, -0.1) is 0 Å². The van der Waals surface area contributed by atoms with Crippen LogP contribution in [0.25, 0.3) is 0 Å². The summed E-state index contributed by atoms with van der Waals surface area (Å²) in [5.41, 5.74) is 4.09. The van der Waals surface area contributed by atoms with E-state index in [-0.39, 0.29) is 0 Å². The van der Waals surface area contributed by atoms with Gasteiger partial charge >= 0.3 is 0 Å². The summed E-state index contributed by atoms with van der Waals surface area (Å²) >= 11 is 0. The Kier molecular flexibility index (Phi) is 3.15. The molecule has 0 aliphatic heterocycles. The highest BCUT2D eigenvalue weighted by Gasteiger charge is 1.98. The summed E-state index contributed by atoms with van der Waals surface area (Å²) in [6.07, 6.45) is 2.22. The maximum atomic E-state index is 3.20. The molecule has 0 aromatic heterocycles. The van der Waals surface area contributed by atoms with Gasteiger partial charge in [0, 0.05) is 12.7 Å². The molecule has 0 spiro atoms. The fraction of sp³-hybridized carbons (Fsp3) is 0.455. The van der Waals surface area contributed by atoms with Gasteiger partial charge in [-0.1, -0.05) is 26.0 Å². The van der Waals surface area contributed by atoms with E-state index in [1.54, 1.807) is 0 Å². The van der Waals surface area contributed by atoms with Crippen LogP contribution in [-0.4, -0.2) is 7.05 Å².